The molecule has 1 aromatic carbocycles. The molecule has 0 aromatic heterocycles. The first-order valence-electron chi connectivity index (χ1n) is 8.23. The van der Waals surface area contributed by atoms with E-state index in [1.807, 2.05) is 24.3 Å². The van der Waals surface area contributed by atoms with Gasteiger partial charge in [0, 0.05) is 6.54 Å². The van der Waals surface area contributed by atoms with E-state index >= 15 is 0 Å². The van der Waals surface area contributed by atoms with Crippen molar-refractivity contribution >= 4 is 0 Å². The first-order chi connectivity index (χ1) is 10.4. The Balaban J connectivity index is 1.30. The zero-order valence-electron chi connectivity index (χ0n) is 12.7. The average molecular weight is 290 g/mol. The highest BCUT2D eigenvalue weighted by atomic mass is 16.6. The maximum absolute atomic E-state index is 5.93. The van der Waals surface area contributed by atoms with Crippen molar-refractivity contribution < 1.29 is 9.47 Å². The molecule has 1 unspecified atom stereocenters. The molecule has 116 valence electrons. The van der Waals surface area contributed by atoms with Crippen LogP contribution in [0.3, 0.4) is 0 Å². The molecule has 4 heteroatoms. The number of rotatable bonds is 6. The topological polar surface area (TPSA) is 33.7 Å². The maximum Gasteiger partial charge on any atom is 0.161 e. The predicted octanol–water partition coefficient (Wildman–Crippen LogP) is 2.29. The molecule has 2 heterocycles. The summed E-state index contributed by atoms with van der Waals surface area (Å²) in [6.45, 7) is 6.34. The van der Waals surface area contributed by atoms with Crippen LogP contribution in [0.4, 0.5) is 0 Å². The molecule has 1 saturated heterocycles. The Labute approximate surface area is 127 Å². The Morgan fingerprint density at radius 2 is 1.90 bits per heavy atom. The summed E-state index contributed by atoms with van der Waals surface area (Å²) in [7, 11) is 0. The molecular weight excluding hydrogens is 264 g/mol. The third-order valence-corrected chi connectivity index (χ3v) is 4.22. The quantitative estimate of drug-likeness (QED) is 0.815. The number of para-hydroxylation sites is 2. The molecule has 1 fully saturated rings. The SMILES string of the molecule is c1ccc2c(c1)OCC(CNCCCN1CCCCC1)O2. The standard InChI is InChI=1S/C17H26N2O2/c1-4-10-19(11-5-1)12-6-9-18-13-15-14-20-16-7-2-3-8-17(16)21-15/h2-3,7-8,15,18H,1,4-6,9-14H2. The van der Waals surface area contributed by atoms with Crippen molar-refractivity contribution in [3.63, 3.8) is 0 Å². The Bertz CT molecular complexity index is 433. The van der Waals surface area contributed by atoms with Gasteiger partial charge in [-0.1, -0.05) is 18.6 Å². The van der Waals surface area contributed by atoms with Crippen LogP contribution in [0.2, 0.25) is 0 Å². The van der Waals surface area contributed by atoms with E-state index in [0.717, 1.165) is 24.6 Å². The van der Waals surface area contributed by atoms with Gasteiger partial charge >= 0.3 is 0 Å². The summed E-state index contributed by atoms with van der Waals surface area (Å²) in [4.78, 5) is 2.58. The van der Waals surface area contributed by atoms with E-state index in [1.54, 1.807) is 0 Å². The Morgan fingerprint density at radius 3 is 2.76 bits per heavy atom. The number of nitrogens with one attached hydrogen (secondary N) is 1. The first-order valence-corrected chi connectivity index (χ1v) is 8.23. The van der Waals surface area contributed by atoms with Crippen LogP contribution in [0.15, 0.2) is 24.3 Å². The lowest BCUT2D eigenvalue weighted by molar-refractivity contribution is 0.0902. The van der Waals surface area contributed by atoms with E-state index in [0.29, 0.717) is 6.61 Å². The fraction of sp³-hybridized carbons (Fsp3) is 0.647. The minimum Gasteiger partial charge on any atom is -0.486 e. The third-order valence-electron chi connectivity index (χ3n) is 4.22. The van der Waals surface area contributed by atoms with Crippen LogP contribution in [0.5, 0.6) is 11.5 Å². The monoisotopic (exact) mass is 290 g/mol. The second-order valence-electron chi connectivity index (χ2n) is 5.96. The van der Waals surface area contributed by atoms with Gasteiger partial charge in [-0.2, -0.15) is 0 Å². The molecule has 1 atom stereocenters. The number of ether oxygens (including phenoxy) is 2. The molecule has 0 radical (unpaired) electrons. The second kappa shape index (κ2) is 7.66. The van der Waals surface area contributed by atoms with Crippen LogP contribution in [0.1, 0.15) is 25.7 Å². The largest absolute Gasteiger partial charge is 0.486 e. The third kappa shape index (κ3) is 4.35. The van der Waals surface area contributed by atoms with E-state index in [-0.39, 0.29) is 6.10 Å². The van der Waals surface area contributed by atoms with Gasteiger partial charge in [-0.05, 0) is 57.6 Å². The van der Waals surface area contributed by atoms with Crippen molar-refractivity contribution in [2.24, 2.45) is 0 Å². The zero-order valence-corrected chi connectivity index (χ0v) is 12.7. The van der Waals surface area contributed by atoms with Gasteiger partial charge in [0.1, 0.15) is 12.7 Å². The molecule has 0 spiro atoms. The summed E-state index contributed by atoms with van der Waals surface area (Å²) >= 11 is 0. The number of fused-ring (bicyclic) bond motifs is 1. The normalized spacial score (nSPS) is 22.2. The van der Waals surface area contributed by atoms with Crippen molar-refractivity contribution in [2.45, 2.75) is 31.8 Å². The molecule has 4 nitrogen and oxygen atoms in total. The summed E-state index contributed by atoms with van der Waals surface area (Å²) in [5.41, 5.74) is 0. The Kier molecular flexibility index (Phi) is 5.35. The second-order valence-corrected chi connectivity index (χ2v) is 5.96. The highest BCUT2D eigenvalue weighted by Crippen LogP contribution is 2.30. The molecule has 0 bridgehead atoms. The van der Waals surface area contributed by atoms with Gasteiger partial charge in [-0.25, -0.2) is 0 Å². The molecule has 3 rings (SSSR count). The number of hydrogen-bond donors (Lipinski definition) is 1. The predicted molar refractivity (Wildman–Crippen MR) is 84.1 cm³/mol. The first kappa shape index (κ1) is 14.7. The fourth-order valence-corrected chi connectivity index (χ4v) is 3.04. The van der Waals surface area contributed by atoms with E-state index in [4.69, 9.17) is 9.47 Å². The number of likely N-dealkylation sites (tertiary alicyclic amines) is 1. The molecule has 2 aliphatic heterocycles. The van der Waals surface area contributed by atoms with Gasteiger partial charge in [-0.3, -0.25) is 0 Å². The van der Waals surface area contributed by atoms with Gasteiger partial charge < -0.3 is 19.7 Å². The molecule has 0 saturated carbocycles. The smallest absolute Gasteiger partial charge is 0.161 e. The average Bonchev–Trinajstić information content (AvgIpc) is 2.55. The number of piperidine rings is 1. The van der Waals surface area contributed by atoms with Crippen molar-refractivity contribution in [3.05, 3.63) is 24.3 Å². The Morgan fingerprint density at radius 1 is 1.10 bits per heavy atom. The lowest BCUT2D eigenvalue weighted by Crippen LogP contribution is -2.39. The Hall–Kier alpha value is -1.26. The van der Waals surface area contributed by atoms with Gasteiger partial charge in [0.2, 0.25) is 0 Å². The number of hydrogen-bond acceptors (Lipinski definition) is 4. The van der Waals surface area contributed by atoms with Crippen LogP contribution >= 0.6 is 0 Å². The molecule has 1 N–H and O–H groups in total. The highest BCUT2D eigenvalue weighted by Gasteiger charge is 2.19. The summed E-state index contributed by atoms with van der Waals surface area (Å²) in [6, 6.07) is 7.88. The lowest BCUT2D eigenvalue weighted by Gasteiger charge is -2.27. The minimum absolute atomic E-state index is 0.120. The van der Waals surface area contributed by atoms with E-state index in [1.165, 1.54) is 45.3 Å². The van der Waals surface area contributed by atoms with Crippen LogP contribution in [-0.4, -0.2) is 50.3 Å². The van der Waals surface area contributed by atoms with Gasteiger partial charge in [0.25, 0.3) is 0 Å². The van der Waals surface area contributed by atoms with Crippen molar-refractivity contribution in [1.82, 2.24) is 10.2 Å². The summed E-state index contributed by atoms with van der Waals surface area (Å²) in [5.74, 6) is 1.72. The zero-order chi connectivity index (χ0) is 14.3. The van der Waals surface area contributed by atoms with Crippen LogP contribution < -0.4 is 14.8 Å². The van der Waals surface area contributed by atoms with Gasteiger partial charge in [-0.15, -0.1) is 0 Å². The van der Waals surface area contributed by atoms with Gasteiger partial charge in [0.05, 0.1) is 0 Å². The molecular formula is C17H26N2O2. The van der Waals surface area contributed by atoms with Crippen LogP contribution in [-0.2, 0) is 0 Å². The highest BCUT2D eigenvalue weighted by molar-refractivity contribution is 5.40. The van der Waals surface area contributed by atoms with Gasteiger partial charge in [0.15, 0.2) is 11.5 Å². The maximum atomic E-state index is 5.93. The molecule has 2 aliphatic rings. The minimum atomic E-state index is 0.120. The molecule has 0 aliphatic carbocycles. The fourth-order valence-electron chi connectivity index (χ4n) is 3.04. The lowest BCUT2D eigenvalue weighted by atomic mass is 10.1. The van der Waals surface area contributed by atoms with Crippen molar-refractivity contribution in [2.75, 3.05) is 39.3 Å². The van der Waals surface area contributed by atoms with E-state index in [2.05, 4.69) is 10.2 Å². The van der Waals surface area contributed by atoms with E-state index < -0.39 is 0 Å². The number of benzene rings is 1. The molecule has 0 amide bonds. The van der Waals surface area contributed by atoms with Crippen molar-refractivity contribution in [3.8, 4) is 11.5 Å². The summed E-state index contributed by atoms with van der Waals surface area (Å²) < 4.78 is 11.6. The number of nitrogens with zero attached hydrogens (tertiary/aromatic N) is 1. The summed E-state index contributed by atoms with van der Waals surface area (Å²) in [6.07, 6.45) is 5.49. The molecule has 1 aromatic rings. The molecule has 21 heavy (non-hydrogen) atoms. The summed E-state index contributed by atoms with van der Waals surface area (Å²) in [5, 5.41) is 3.49. The van der Waals surface area contributed by atoms with Crippen LogP contribution in [0.25, 0.3) is 0 Å². The van der Waals surface area contributed by atoms with Crippen molar-refractivity contribution in [1.29, 1.82) is 0 Å². The van der Waals surface area contributed by atoms with Crippen LogP contribution in [0, 0.1) is 0 Å². The van der Waals surface area contributed by atoms with E-state index in [9.17, 15) is 0 Å².